The van der Waals surface area contributed by atoms with Gasteiger partial charge >= 0.3 is 5.97 Å². The van der Waals surface area contributed by atoms with Gasteiger partial charge in [0.2, 0.25) is 0 Å². The highest BCUT2D eigenvalue weighted by Gasteiger charge is 2.26. The summed E-state index contributed by atoms with van der Waals surface area (Å²) in [5, 5.41) is 9.84. The molecule has 5 heteroatoms. The molecule has 2 rings (SSSR count). The van der Waals surface area contributed by atoms with Crippen LogP contribution in [0.25, 0.3) is 0 Å². The van der Waals surface area contributed by atoms with Crippen molar-refractivity contribution in [2.24, 2.45) is 0 Å². The number of piperidine rings is 1. The number of rotatable bonds is 6. The van der Waals surface area contributed by atoms with Crippen LogP contribution in [0.5, 0.6) is 0 Å². The Morgan fingerprint density at radius 3 is 2.71 bits per heavy atom. The van der Waals surface area contributed by atoms with Crippen LogP contribution < -0.4 is 4.90 Å². The number of carboxylic acids is 1. The van der Waals surface area contributed by atoms with Gasteiger partial charge in [0.05, 0.1) is 0 Å². The molecule has 0 bridgehead atoms. The van der Waals surface area contributed by atoms with Crippen LogP contribution in [0.1, 0.15) is 26.2 Å². The maximum absolute atomic E-state index is 11.2. The van der Waals surface area contributed by atoms with Crippen LogP contribution in [0, 0.1) is 0 Å². The number of hydrogen-bond acceptors (Lipinski definition) is 3. The molecular formula is C16H23ClN2O2. The molecular weight excluding hydrogens is 288 g/mol. The maximum Gasteiger partial charge on any atom is 0.323 e. The Hall–Kier alpha value is -1.26. The molecule has 0 radical (unpaired) electrons. The van der Waals surface area contributed by atoms with Crippen LogP contribution in [0.15, 0.2) is 24.3 Å². The summed E-state index contributed by atoms with van der Waals surface area (Å²) >= 11 is 6.05. The van der Waals surface area contributed by atoms with E-state index in [1.165, 1.54) is 0 Å². The van der Waals surface area contributed by atoms with Gasteiger partial charge < -0.3 is 14.9 Å². The fraction of sp³-hybridized carbons (Fsp3) is 0.562. The van der Waals surface area contributed by atoms with Crippen molar-refractivity contribution in [3.8, 4) is 0 Å². The number of carbonyl (C=O) groups is 1. The molecule has 0 atom stereocenters. The largest absolute Gasteiger partial charge is 0.480 e. The third-order valence-electron chi connectivity index (χ3n) is 3.98. The molecule has 1 aliphatic rings. The van der Waals surface area contributed by atoms with Crippen molar-refractivity contribution >= 4 is 23.3 Å². The lowest BCUT2D eigenvalue weighted by molar-refractivity contribution is -0.135. The Morgan fingerprint density at radius 2 is 2.14 bits per heavy atom. The summed E-state index contributed by atoms with van der Waals surface area (Å²) in [5.74, 6) is -0.800. The number of nitrogens with zero attached hydrogens (tertiary/aromatic N) is 2. The molecule has 1 fully saturated rings. The van der Waals surface area contributed by atoms with E-state index < -0.39 is 5.97 Å². The molecule has 0 aromatic heterocycles. The zero-order valence-electron chi connectivity index (χ0n) is 12.5. The van der Waals surface area contributed by atoms with Gasteiger partial charge in [-0.25, -0.2) is 0 Å². The van der Waals surface area contributed by atoms with E-state index in [1.807, 2.05) is 29.2 Å². The van der Waals surface area contributed by atoms with E-state index in [0.29, 0.717) is 5.02 Å². The van der Waals surface area contributed by atoms with E-state index in [0.717, 1.165) is 44.6 Å². The van der Waals surface area contributed by atoms with Crippen molar-refractivity contribution in [3.05, 3.63) is 29.3 Å². The summed E-state index contributed by atoms with van der Waals surface area (Å²) in [4.78, 5) is 15.6. The molecule has 0 amide bonds. The monoisotopic (exact) mass is 310 g/mol. The highest BCUT2D eigenvalue weighted by atomic mass is 35.5. The van der Waals surface area contributed by atoms with Crippen molar-refractivity contribution in [2.45, 2.75) is 32.2 Å². The summed E-state index contributed by atoms with van der Waals surface area (Å²) in [5.41, 5.74) is 0.902. The molecule has 1 heterocycles. The van der Waals surface area contributed by atoms with Gasteiger partial charge in [-0.15, -0.1) is 0 Å². The number of aliphatic carboxylic acids is 1. The number of hydrogen-bond donors (Lipinski definition) is 1. The molecule has 1 aliphatic heterocycles. The highest BCUT2D eigenvalue weighted by molar-refractivity contribution is 6.30. The van der Waals surface area contributed by atoms with Crippen LogP contribution in [0.2, 0.25) is 5.02 Å². The smallest absolute Gasteiger partial charge is 0.323 e. The first-order chi connectivity index (χ1) is 10.1. The van der Waals surface area contributed by atoms with Crippen LogP contribution in [0.3, 0.4) is 0 Å². The number of anilines is 1. The van der Waals surface area contributed by atoms with Gasteiger partial charge in [0.1, 0.15) is 6.54 Å². The topological polar surface area (TPSA) is 43.8 Å². The number of carboxylic acid groups (broad SMARTS) is 1. The number of benzene rings is 1. The van der Waals surface area contributed by atoms with Crippen molar-refractivity contribution in [1.82, 2.24) is 4.90 Å². The van der Waals surface area contributed by atoms with Gasteiger partial charge in [0.15, 0.2) is 0 Å². The van der Waals surface area contributed by atoms with E-state index in [2.05, 4.69) is 11.8 Å². The maximum atomic E-state index is 11.2. The molecule has 4 nitrogen and oxygen atoms in total. The molecule has 1 N–H and O–H groups in total. The van der Waals surface area contributed by atoms with Crippen molar-refractivity contribution in [2.75, 3.05) is 31.1 Å². The molecule has 0 aliphatic carbocycles. The number of halogens is 1. The zero-order chi connectivity index (χ0) is 15.2. The SMILES string of the molecule is CCCN1CCC(N(CC(=O)O)c2cccc(Cl)c2)CC1. The summed E-state index contributed by atoms with van der Waals surface area (Å²) < 4.78 is 0. The molecule has 1 aromatic carbocycles. The van der Waals surface area contributed by atoms with Gasteiger partial charge in [-0.3, -0.25) is 4.79 Å². The van der Waals surface area contributed by atoms with E-state index in [4.69, 9.17) is 11.6 Å². The summed E-state index contributed by atoms with van der Waals surface area (Å²) in [6.45, 7) is 5.42. The predicted octanol–water partition coefficient (Wildman–Crippen LogP) is 3.11. The Balaban J connectivity index is 2.08. The summed E-state index contributed by atoms with van der Waals surface area (Å²) in [7, 11) is 0. The van der Waals surface area contributed by atoms with E-state index in [9.17, 15) is 9.90 Å². The lowest BCUT2D eigenvalue weighted by Gasteiger charge is -2.39. The lowest BCUT2D eigenvalue weighted by atomic mass is 10.0. The molecule has 116 valence electrons. The molecule has 0 unspecified atom stereocenters. The van der Waals surface area contributed by atoms with Gasteiger partial charge in [-0.05, 0) is 44.0 Å². The van der Waals surface area contributed by atoms with Crippen LogP contribution in [-0.2, 0) is 4.79 Å². The van der Waals surface area contributed by atoms with Crippen LogP contribution >= 0.6 is 11.6 Å². The summed E-state index contributed by atoms with van der Waals surface area (Å²) in [6.07, 6.45) is 3.16. The standard InChI is InChI=1S/C16H23ClN2O2/c1-2-8-18-9-6-14(7-10-18)19(12-16(20)21)15-5-3-4-13(17)11-15/h3-5,11,14H,2,6-10,12H2,1H3,(H,20,21). The van der Waals surface area contributed by atoms with Crippen molar-refractivity contribution < 1.29 is 9.90 Å². The Kier molecular flexibility index (Phi) is 5.88. The first-order valence-corrected chi connectivity index (χ1v) is 7.94. The first-order valence-electron chi connectivity index (χ1n) is 7.56. The molecule has 1 saturated heterocycles. The second kappa shape index (κ2) is 7.66. The van der Waals surface area contributed by atoms with Gasteiger partial charge in [0, 0.05) is 29.8 Å². The zero-order valence-corrected chi connectivity index (χ0v) is 13.2. The Bertz CT molecular complexity index is 473. The highest BCUT2D eigenvalue weighted by Crippen LogP contribution is 2.26. The van der Waals surface area contributed by atoms with Crippen LogP contribution in [-0.4, -0.2) is 48.2 Å². The Morgan fingerprint density at radius 1 is 1.43 bits per heavy atom. The van der Waals surface area contributed by atoms with E-state index >= 15 is 0 Å². The second-order valence-electron chi connectivity index (χ2n) is 5.57. The fourth-order valence-corrected chi connectivity index (χ4v) is 3.19. The van der Waals surface area contributed by atoms with E-state index in [-0.39, 0.29) is 12.6 Å². The third-order valence-corrected chi connectivity index (χ3v) is 4.22. The average Bonchev–Trinajstić information content (AvgIpc) is 2.46. The summed E-state index contributed by atoms with van der Waals surface area (Å²) in [6, 6.07) is 7.75. The minimum atomic E-state index is -0.800. The second-order valence-corrected chi connectivity index (χ2v) is 6.01. The lowest BCUT2D eigenvalue weighted by Crippen LogP contribution is -2.47. The molecule has 0 spiro atoms. The van der Waals surface area contributed by atoms with E-state index in [1.54, 1.807) is 0 Å². The van der Waals surface area contributed by atoms with Gasteiger partial charge in [0.25, 0.3) is 0 Å². The normalized spacial score (nSPS) is 16.9. The van der Waals surface area contributed by atoms with Crippen molar-refractivity contribution in [3.63, 3.8) is 0 Å². The molecule has 0 saturated carbocycles. The first kappa shape index (κ1) is 16.1. The van der Waals surface area contributed by atoms with Gasteiger partial charge in [-0.1, -0.05) is 24.6 Å². The minimum absolute atomic E-state index is 0.0266. The van der Waals surface area contributed by atoms with Gasteiger partial charge in [-0.2, -0.15) is 0 Å². The number of likely N-dealkylation sites (tertiary alicyclic amines) is 1. The fourth-order valence-electron chi connectivity index (χ4n) is 3.00. The predicted molar refractivity (Wildman–Crippen MR) is 86.2 cm³/mol. The quantitative estimate of drug-likeness (QED) is 0.877. The Labute approximate surface area is 131 Å². The van der Waals surface area contributed by atoms with Crippen LogP contribution in [0.4, 0.5) is 5.69 Å². The molecule has 1 aromatic rings. The molecule has 21 heavy (non-hydrogen) atoms. The minimum Gasteiger partial charge on any atom is -0.480 e. The van der Waals surface area contributed by atoms with Crippen molar-refractivity contribution in [1.29, 1.82) is 0 Å². The average molecular weight is 311 g/mol. The third kappa shape index (κ3) is 4.61.